The number of hydrogen-bond donors (Lipinski definition) is 0. The summed E-state index contributed by atoms with van der Waals surface area (Å²) in [6, 6.07) is 21.9. The number of nitrogens with zero attached hydrogens (tertiary/aromatic N) is 6. The van der Waals surface area contributed by atoms with Crippen molar-refractivity contribution >= 4 is 23.3 Å². The van der Waals surface area contributed by atoms with E-state index in [4.69, 9.17) is 16.7 Å². The maximum Gasteiger partial charge on any atom is 0.347 e. The molecular formula is C26H25ClN6O. The second-order valence-corrected chi connectivity index (χ2v) is 8.78. The minimum atomic E-state index is -0.206. The van der Waals surface area contributed by atoms with Gasteiger partial charge in [-0.3, -0.25) is 9.55 Å². The van der Waals surface area contributed by atoms with Crippen LogP contribution < -0.4 is 10.7 Å². The number of pyridine rings is 1. The standard InChI is InChI=1S/C26H25ClN6O/c1-3-18-9-14-22(28-15-18)16-33-26(34)31(2)25(30-33)32-17-23(19-7-5-4-6-8-19)24(29-32)20-10-12-21(27)13-11-20/h4-15,23H,3,16-17H2,1-2H3. The van der Waals surface area contributed by atoms with Crippen molar-refractivity contribution in [3.8, 4) is 0 Å². The van der Waals surface area contributed by atoms with Gasteiger partial charge in [-0.25, -0.2) is 14.5 Å². The van der Waals surface area contributed by atoms with Crippen molar-refractivity contribution in [2.45, 2.75) is 25.8 Å². The smallest absolute Gasteiger partial charge is 0.263 e. The van der Waals surface area contributed by atoms with E-state index in [-0.39, 0.29) is 11.6 Å². The number of aromatic nitrogens is 4. The van der Waals surface area contributed by atoms with Crippen LogP contribution in [0.2, 0.25) is 5.02 Å². The van der Waals surface area contributed by atoms with Gasteiger partial charge in [0.15, 0.2) is 0 Å². The van der Waals surface area contributed by atoms with E-state index in [1.165, 1.54) is 9.25 Å². The van der Waals surface area contributed by atoms with Gasteiger partial charge in [-0.05, 0) is 41.3 Å². The van der Waals surface area contributed by atoms with E-state index in [9.17, 15) is 4.79 Å². The van der Waals surface area contributed by atoms with Crippen LogP contribution in [0.5, 0.6) is 0 Å². The van der Waals surface area contributed by atoms with Crippen LogP contribution in [0.1, 0.15) is 35.2 Å². The van der Waals surface area contributed by atoms with E-state index in [2.05, 4.69) is 29.1 Å². The summed E-state index contributed by atoms with van der Waals surface area (Å²) < 4.78 is 2.98. The Morgan fingerprint density at radius 2 is 1.79 bits per heavy atom. The molecule has 5 rings (SSSR count). The fraction of sp³-hybridized carbons (Fsp3) is 0.231. The molecule has 0 saturated heterocycles. The lowest BCUT2D eigenvalue weighted by Gasteiger charge is -2.15. The minimum Gasteiger partial charge on any atom is -0.263 e. The molecule has 34 heavy (non-hydrogen) atoms. The van der Waals surface area contributed by atoms with Crippen molar-refractivity contribution in [3.05, 3.63) is 111 Å². The lowest BCUT2D eigenvalue weighted by molar-refractivity contribution is 0.634. The highest BCUT2D eigenvalue weighted by molar-refractivity contribution is 6.30. The van der Waals surface area contributed by atoms with Gasteiger partial charge in [0, 0.05) is 24.2 Å². The molecule has 1 aliphatic heterocycles. The molecule has 7 nitrogen and oxygen atoms in total. The zero-order valence-electron chi connectivity index (χ0n) is 19.1. The number of halogens is 1. The van der Waals surface area contributed by atoms with Gasteiger partial charge in [0.1, 0.15) is 0 Å². The molecule has 0 aliphatic carbocycles. The van der Waals surface area contributed by atoms with Crippen LogP contribution in [-0.2, 0) is 20.0 Å². The van der Waals surface area contributed by atoms with Crippen molar-refractivity contribution in [2.75, 3.05) is 11.6 Å². The maximum absolute atomic E-state index is 13.0. The highest BCUT2D eigenvalue weighted by Gasteiger charge is 2.32. The van der Waals surface area contributed by atoms with Crippen molar-refractivity contribution in [2.24, 2.45) is 12.1 Å². The number of hydrogen-bond acceptors (Lipinski definition) is 5. The molecule has 0 spiro atoms. The molecule has 1 aliphatic rings. The van der Waals surface area contributed by atoms with Crippen LogP contribution in [0.15, 0.2) is 82.8 Å². The monoisotopic (exact) mass is 472 g/mol. The van der Waals surface area contributed by atoms with Gasteiger partial charge in [-0.2, -0.15) is 5.10 Å². The van der Waals surface area contributed by atoms with Gasteiger partial charge >= 0.3 is 5.69 Å². The zero-order chi connectivity index (χ0) is 23.7. The van der Waals surface area contributed by atoms with Gasteiger partial charge in [-0.15, -0.1) is 5.10 Å². The average molecular weight is 473 g/mol. The first-order valence-corrected chi connectivity index (χ1v) is 11.7. The molecule has 4 aromatic rings. The lowest BCUT2D eigenvalue weighted by atomic mass is 9.91. The number of rotatable bonds is 6. The second kappa shape index (κ2) is 9.27. The fourth-order valence-corrected chi connectivity index (χ4v) is 4.30. The van der Waals surface area contributed by atoms with E-state index in [0.717, 1.165) is 34.5 Å². The molecule has 172 valence electrons. The molecule has 0 N–H and O–H groups in total. The molecule has 1 unspecified atom stereocenters. The molecule has 1 atom stereocenters. The Balaban J connectivity index is 1.49. The quantitative estimate of drug-likeness (QED) is 0.420. The van der Waals surface area contributed by atoms with Crippen LogP contribution in [0.25, 0.3) is 0 Å². The molecule has 3 heterocycles. The SMILES string of the molecule is CCc1ccc(Cn2nc(N3CC(c4ccccc4)C(c4ccc(Cl)cc4)=N3)n(C)c2=O)nc1. The third kappa shape index (κ3) is 4.26. The normalized spacial score (nSPS) is 15.6. The molecule has 0 fully saturated rings. The minimum absolute atomic E-state index is 0.0332. The number of anilines is 1. The van der Waals surface area contributed by atoms with Crippen molar-refractivity contribution in [1.29, 1.82) is 0 Å². The second-order valence-electron chi connectivity index (χ2n) is 8.35. The van der Waals surface area contributed by atoms with Gasteiger partial charge in [-0.1, -0.05) is 67.1 Å². The largest absolute Gasteiger partial charge is 0.347 e. The van der Waals surface area contributed by atoms with E-state index in [0.29, 0.717) is 24.1 Å². The third-order valence-electron chi connectivity index (χ3n) is 6.11. The molecule has 0 amide bonds. The predicted octanol–water partition coefficient (Wildman–Crippen LogP) is 4.25. The fourth-order valence-electron chi connectivity index (χ4n) is 4.17. The summed E-state index contributed by atoms with van der Waals surface area (Å²) in [6.07, 6.45) is 2.77. The lowest BCUT2D eigenvalue weighted by Crippen LogP contribution is -2.25. The summed E-state index contributed by atoms with van der Waals surface area (Å²) in [7, 11) is 1.72. The van der Waals surface area contributed by atoms with E-state index < -0.39 is 0 Å². The molecule has 0 bridgehead atoms. The predicted molar refractivity (Wildman–Crippen MR) is 135 cm³/mol. The molecular weight excluding hydrogens is 448 g/mol. The Bertz CT molecular complexity index is 1370. The Morgan fingerprint density at radius 3 is 2.47 bits per heavy atom. The molecule has 8 heteroatoms. The Morgan fingerprint density at radius 1 is 1.03 bits per heavy atom. The third-order valence-corrected chi connectivity index (χ3v) is 6.36. The van der Waals surface area contributed by atoms with Gasteiger partial charge in [0.05, 0.1) is 24.5 Å². The molecule has 2 aromatic carbocycles. The van der Waals surface area contributed by atoms with Gasteiger partial charge in [0.2, 0.25) is 5.95 Å². The van der Waals surface area contributed by atoms with Crippen LogP contribution in [0.4, 0.5) is 5.95 Å². The highest BCUT2D eigenvalue weighted by atomic mass is 35.5. The Kier molecular flexibility index (Phi) is 6.02. The number of hydrazone groups is 1. The average Bonchev–Trinajstić information content (AvgIpc) is 3.43. The first-order valence-electron chi connectivity index (χ1n) is 11.3. The van der Waals surface area contributed by atoms with E-state index in [1.54, 1.807) is 7.05 Å². The van der Waals surface area contributed by atoms with E-state index in [1.807, 2.05) is 65.8 Å². The van der Waals surface area contributed by atoms with Crippen LogP contribution >= 0.6 is 11.6 Å². The summed E-state index contributed by atoms with van der Waals surface area (Å²) in [6.45, 7) is 2.97. The van der Waals surface area contributed by atoms with E-state index >= 15 is 0 Å². The Hall–Kier alpha value is -3.71. The molecule has 0 radical (unpaired) electrons. The summed E-state index contributed by atoms with van der Waals surface area (Å²) in [5, 5.41) is 12.0. The van der Waals surface area contributed by atoms with Crippen LogP contribution in [0.3, 0.4) is 0 Å². The summed E-state index contributed by atoms with van der Waals surface area (Å²) in [4.78, 5) is 17.4. The number of aryl methyl sites for hydroxylation is 1. The zero-order valence-corrected chi connectivity index (χ0v) is 19.9. The van der Waals surface area contributed by atoms with Crippen molar-refractivity contribution < 1.29 is 0 Å². The molecule has 2 aromatic heterocycles. The Labute approximate surface area is 202 Å². The molecule has 0 saturated carbocycles. The first kappa shape index (κ1) is 22.1. The van der Waals surface area contributed by atoms with Crippen LogP contribution in [0, 0.1) is 0 Å². The summed E-state index contributed by atoms with van der Waals surface area (Å²) >= 11 is 6.11. The first-order chi connectivity index (χ1) is 16.5. The topological polar surface area (TPSA) is 68.3 Å². The van der Waals surface area contributed by atoms with Gasteiger partial charge in [0.25, 0.3) is 0 Å². The summed E-state index contributed by atoms with van der Waals surface area (Å²) in [5.74, 6) is 0.533. The van der Waals surface area contributed by atoms with Crippen LogP contribution in [-0.4, -0.2) is 31.6 Å². The highest BCUT2D eigenvalue weighted by Crippen LogP contribution is 2.31. The summed E-state index contributed by atoms with van der Waals surface area (Å²) in [5.41, 5.74) is 4.81. The van der Waals surface area contributed by atoms with Crippen molar-refractivity contribution in [1.82, 2.24) is 19.3 Å². The number of benzene rings is 2. The van der Waals surface area contributed by atoms with Crippen molar-refractivity contribution in [3.63, 3.8) is 0 Å². The maximum atomic E-state index is 13.0. The van der Waals surface area contributed by atoms with Gasteiger partial charge < -0.3 is 0 Å².